The minimum Gasteiger partial charge on any atom is -0.467 e. The van der Waals surface area contributed by atoms with Gasteiger partial charge in [-0.1, -0.05) is 30.3 Å². The lowest BCUT2D eigenvalue weighted by atomic mass is 10.1. The number of amides is 1. The summed E-state index contributed by atoms with van der Waals surface area (Å²) < 4.78 is 23.0. The van der Waals surface area contributed by atoms with Gasteiger partial charge in [-0.15, -0.1) is 0 Å². The number of rotatable bonds is 9. The maximum absolute atomic E-state index is 13.0. The molecule has 0 atom stereocenters. The van der Waals surface area contributed by atoms with E-state index in [2.05, 4.69) is 14.7 Å². The molecule has 4 rings (SSSR count). The van der Waals surface area contributed by atoms with Crippen LogP contribution in [0.1, 0.15) is 23.6 Å². The highest BCUT2D eigenvalue weighted by Gasteiger charge is 2.16. The fourth-order valence-corrected chi connectivity index (χ4v) is 3.76. The van der Waals surface area contributed by atoms with Crippen LogP contribution in [0.25, 0.3) is 0 Å². The number of hydrogen-bond acceptors (Lipinski definition) is 6. The first-order valence-corrected chi connectivity index (χ1v) is 10.6. The summed E-state index contributed by atoms with van der Waals surface area (Å²) in [4.78, 5) is 19.1. The molecular formula is C23H21FN4O2S. The standard InChI is InChI=1S/C23H21FN4O2S/c24-18-8-10-19(11-9-18)25-22(29)12-13-28(16-20-7-4-14-30-20)23-26-21(27-31-23)15-17-5-2-1-3-6-17/h1-11,14H,12-13,15-16H2,(H,25,29). The normalized spacial score (nSPS) is 10.7. The van der Waals surface area contributed by atoms with Crippen LogP contribution >= 0.6 is 11.5 Å². The van der Waals surface area contributed by atoms with E-state index in [0.29, 0.717) is 25.2 Å². The van der Waals surface area contributed by atoms with Gasteiger partial charge in [0.2, 0.25) is 11.0 Å². The fourth-order valence-electron chi connectivity index (χ4n) is 3.05. The van der Waals surface area contributed by atoms with Crippen LogP contribution in [0.4, 0.5) is 15.2 Å². The molecule has 6 nitrogen and oxygen atoms in total. The molecular weight excluding hydrogens is 415 g/mol. The topological polar surface area (TPSA) is 71.3 Å². The van der Waals surface area contributed by atoms with Crippen molar-refractivity contribution in [3.05, 3.63) is 96.0 Å². The number of nitrogens with zero attached hydrogens (tertiary/aromatic N) is 3. The highest BCUT2D eigenvalue weighted by molar-refractivity contribution is 7.09. The maximum atomic E-state index is 13.0. The average Bonchev–Trinajstić information content (AvgIpc) is 3.46. The number of furan rings is 1. The zero-order valence-electron chi connectivity index (χ0n) is 16.7. The van der Waals surface area contributed by atoms with Gasteiger partial charge in [0.1, 0.15) is 17.4 Å². The molecule has 0 aliphatic rings. The SMILES string of the molecule is O=C(CCN(Cc1ccco1)c1nc(Cc2ccccc2)ns1)Nc1ccc(F)cc1. The highest BCUT2D eigenvalue weighted by Crippen LogP contribution is 2.22. The Hall–Kier alpha value is -3.52. The Balaban J connectivity index is 1.42. The van der Waals surface area contributed by atoms with Gasteiger partial charge in [-0.25, -0.2) is 9.37 Å². The second-order valence-electron chi connectivity index (χ2n) is 6.96. The van der Waals surface area contributed by atoms with E-state index in [1.54, 1.807) is 6.26 Å². The van der Waals surface area contributed by atoms with E-state index in [4.69, 9.17) is 4.42 Å². The second-order valence-corrected chi connectivity index (χ2v) is 7.69. The van der Waals surface area contributed by atoms with Gasteiger partial charge in [0.15, 0.2) is 0 Å². The molecule has 2 heterocycles. The van der Waals surface area contributed by atoms with Crippen LogP contribution in [0.15, 0.2) is 77.4 Å². The summed E-state index contributed by atoms with van der Waals surface area (Å²) >= 11 is 1.31. The molecule has 0 bridgehead atoms. The smallest absolute Gasteiger partial charge is 0.226 e. The van der Waals surface area contributed by atoms with Crippen molar-refractivity contribution in [2.24, 2.45) is 0 Å². The molecule has 0 aliphatic carbocycles. The van der Waals surface area contributed by atoms with Gasteiger partial charge < -0.3 is 14.6 Å². The molecule has 0 radical (unpaired) electrons. The van der Waals surface area contributed by atoms with Crippen LogP contribution in [0.2, 0.25) is 0 Å². The van der Waals surface area contributed by atoms with Gasteiger partial charge in [0.05, 0.1) is 12.8 Å². The van der Waals surface area contributed by atoms with Crippen molar-refractivity contribution in [1.29, 1.82) is 0 Å². The average molecular weight is 437 g/mol. The van der Waals surface area contributed by atoms with E-state index in [-0.39, 0.29) is 18.1 Å². The van der Waals surface area contributed by atoms with Crippen LogP contribution in [0, 0.1) is 5.82 Å². The molecule has 0 unspecified atom stereocenters. The van der Waals surface area contributed by atoms with E-state index in [0.717, 1.165) is 22.3 Å². The van der Waals surface area contributed by atoms with Crippen molar-refractivity contribution in [2.45, 2.75) is 19.4 Å². The van der Waals surface area contributed by atoms with E-state index in [9.17, 15) is 9.18 Å². The summed E-state index contributed by atoms with van der Waals surface area (Å²) in [5, 5.41) is 3.52. The second kappa shape index (κ2) is 9.99. The Labute approximate surface area is 183 Å². The largest absolute Gasteiger partial charge is 0.467 e. The minimum absolute atomic E-state index is 0.162. The minimum atomic E-state index is -0.342. The molecule has 0 fully saturated rings. The van der Waals surface area contributed by atoms with E-state index in [1.165, 1.54) is 35.8 Å². The van der Waals surface area contributed by atoms with Crippen molar-refractivity contribution in [3.8, 4) is 0 Å². The molecule has 4 aromatic rings. The van der Waals surface area contributed by atoms with Gasteiger partial charge in [0.25, 0.3) is 0 Å². The molecule has 0 saturated carbocycles. The van der Waals surface area contributed by atoms with Crippen LogP contribution < -0.4 is 10.2 Å². The summed E-state index contributed by atoms with van der Waals surface area (Å²) in [5.41, 5.74) is 1.70. The number of carbonyl (C=O) groups excluding carboxylic acids is 1. The molecule has 0 spiro atoms. The van der Waals surface area contributed by atoms with Crippen LogP contribution in [0.3, 0.4) is 0 Å². The number of carbonyl (C=O) groups is 1. The van der Waals surface area contributed by atoms with Gasteiger partial charge in [0, 0.05) is 36.6 Å². The van der Waals surface area contributed by atoms with Gasteiger partial charge >= 0.3 is 0 Å². The molecule has 1 amide bonds. The van der Waals surface area contributed by atoms with Crippen molar-refractivity contribution in [2.75, 3.05) is 16.8 Å². The van der Waals surface area contributed by atoms with Gasteiger partial charge in [-0.2, -0.15) is 4.37 Å². The molecule has 0 aliphatic heterocycles. The maximum Gasteiger partial charge on any atom is 0.226 e. The predicted octanol–water partition coefficient (Wildman–Crippen LogP) is 4.90. The van der Waals surface area contributed by atoms with Crippen molar-refractivity contribution >= 4 is 28.3 Å². The number of halogens is 1. The fraction of sp³-hybridized carbons (Fsp3) is 0.174. The van der Waals surface area contributed by atoms with Crippen LogP contribution in [0.5, 0.6) is 0 Å². The van der Waals surface area contributed by atoms with Crippen molar-refractivity contribution in [1.82, 2.24) is 9.36 Å². The Morgan fingerprint density at radius 2 is 1.87 bits per heavy atom. The predicted molar refractivity (Wildman–Crippen MR) is 119 cm³/mol. The monoisotopic (exact) mass is 436 g/mol. The molecule has 2 aromatic carbocycles. The summed E-state index contributed by atoms with van der Waals surface area (Å²) in [6.07, 6.45) is 2.51. The molecule has 2 aromatic heterocycles. The van der Waals surface area contributed by atoms with Crippen molar-refractivity contribution in [3.63, 3.8) is 0 Å². The third-order valence-electron chi connectivity index (χ3n) is 4.60. The summed E-state index contributed by atoms with van der Waals surface area (Å²) in [5.74, 6) is 1.01. The zero-order valence-corrected chi connectivity index (χ0v) is 17.5. The highest BCUT2D eigenvalue weighted by atomic mass is 32.1. The summed E-state index contributed by atoms with van der Waals surface area (Å²) in [6.45, 7) is 0.921. The lowest BCUT2D eigenvalue weighted by Gasteiger charge is -2.20. The number of anilines is 2. The summed E-state index contributed by atoms with van der Waals surface area (Å²) in [7, 11) is 0. The Morgan fingerprint density at radius 3 is 2.61 bits per heavy atom. The van der Waals surface area contributed by atoms with Crippen molar-refractivity contribution < 1.29 is 13.6 Å². The van der Waals surface area contributed by atoms with E-state index < -0.39 is 0 Å². The quantitative estimate of drug-likeness (QED) is 0.404. The zero-order chi connectivity index (χ0) is 21.5. The number of benzene rings is 2. The number of hydrogen-bond donors (Lipinski definition) is 1. The molecule has 1 N–H and O–H groups in total. The first-order chi connectivity index (χ1) is 15.2. The van der Waals surface area contributed by atoms with Gasteiger partial charge in [-0.05, 0) is 42.0 Å². The number of nitrogens with one attached hydrogen (secondary N) is 1. The number of aromatic nitrogens is 2. The first kappa shape index (κ1) is 20.7. The van der Waals surface area contributed by atoms with Crippen LogP contribution in [-0.4, -0.2) is 21.8 Å². The lowest BCUT2D eigenvalue weighted by Crippen LogP contribution is -2.27. The molecule has 0 saturated heterocycles. The molecule has 8 heteroatoms. The Bertz CT molecular complexity index is 1100. The molecule has 158 valence electrons. The molecule has 31 heavy (non-hydrogen) atoms. The third-order valence-corrected chi connectivity index (χ3v) is 5.41. The van der Waals surface area contributed by atoms with E-state index in [1.807, 2.05) is 47.4 Å². The third kappa shape index (κ3) is 5.99. The van der Waals surface area contributed by atoms with Gasteiger partial charge in [-0.3, -0.25) is 4.79 Å². The van der Waals surface area contributed by atoms with Crippen LogP contribution in [-0.2, 0) is 17.8 Å². The van der Waals surface area contributed by atoms with E-state index >= 15 is 0 Å². The Kier molecular flexibility index (Phi) is 6.68. The lowest BCUT2D eigenvalue weighted by molar-refractivity contribution is -0.116. The first-order valence-electron chi connectivity index (χ1n) is 9.85. The summed E-state index contributed by atoms with van der Waals surface area (Å²) in [6, 6.07) is 19.5. The Morgan fingerprint density at radius 1 is 1.06 bits per heavy atom.